The molecule has 3 aromatic rings. The highest BCUT2D eigenvalue weighted by Gasteiger charge is 2.22. The Labute approximate surface area is 132 Å². The Hall–Kier alpha value is -2.73. The van der Waals surface area contributed by atoms with Crippen LogP contribution in [0.2, 0.25) is 0 Å². The van der Waals surface area contributed by atoms with Crippen molar-refractivity contribution < 1.29 is 4.42 Å². The molecular weight excluding hydrogens is 292 g/mol. The number of H-pyrrole nitrogens is 1. The average molecular weight is 308 g/mol. The number of rotatable bonds is 3. The monoisotopic (exact) mass is 308 g/mol. The van der Waals surface area contributed by atoms with E-state index < -0.39 is 0 Å². The van der Waals surface area contributed by atoms with Crippen LogP contribution in [-0.4, -0.2) is 26.4 Å². The Morgan fingerprint density at radius 1 is 1.26 bits per heavy atom. The fourth-order valence-corrected chi connectivity index (χ4v) is 2.88. The molecule has 0 aromatic carbocycles. The molecule has 3 aromatic heterocycles. The third-order valence-corrected chi connectivity index (χ3v) is 4.02. The van der Waals surface area contributed by atoms with Crippen LogP contribution in [0.25, 0.3) is 11.6 Å². The Morgan fingerprint density at radius 2 is 2.22 bits per heavy atom. The SMILES string of the molecule is O=c1[nH]c(-c2ccco2)nc2c1CCN(Cc1ccccn1)C2. The zero-order chi connectivity index (χ0) is 15.6. The summed E-state index contributed by atoms with van der Waals surface area (Å²) in [6.45, 7) is 2.23. The maximum absolute atomic E-state index is 12.3. The van der Waals surface area contributed by atoms with E-state index in [-0.39, 0.29) is 5.56 Å². The number of nitrogens with zero attached hydrogens (tertiary/aromatic N) is 3. The molecule has 0 saturated heterocycles. The van der Waals surface area contributed by atoms with Crippen molar-refractivity contribution in [3.8, 4) is 11.6 Å². The second-order valence-corrected chi connectivity index (χ2v) is 5.60. The number of hydrogen-bond donors (Lipinski definition) is 1. The molecule has 0 saturated carbocycles. The number of aromatic amines is 1. The van der Waals surface area contributed by atoms with E-state index >= 15 is 0 Å². The second-order valence-electron chi connectivity index (χ2n) is 5.60. The van der Waals surface area contributed by atoms with Gasteiger partial charge < -0.3 is 9.40 Å². The summed E-state index contributed by atoms with van der Waals surface area (Å²) >= 11 is 0. The van der Waals surface area contributed by atoms with Gasteiger partial charge in [0.1, 0.15) is 0 Å². The van der Waals surface area contributed by atoms with E-state index in [2.05, 4.69) is 19.9 Å². The lowest BCUT2D eigenvalue weighted by atomic mass is 10.1. The molecule has 1 aliphatic rings. The summed E-state index contributed by atoms with van der Waals surface area (Å²) in [5.74, 6) is 1.06. The van der Waals surface area contributed by atoms with Crippen molar-refractivity contribution in [2.75, 3.05) is 6.54 Å². The van der Waals surface area contributed by atoms with E-state index in [1.54, 1.807) is 24.6 Å². The molecule has 0 aliphatic carbocycles. The largest absolute Gasteiger partial charge is 0.461 e. The fourth-order valence-electron chi connectivity index (χ4n) is 2.88. The summed E-state index contributed by atoms with van der Waals surface area (Å²) < 4.78 is 5.33. The van der Waals surface area contributed by atoms with Gasteiger partial charge in [-0.15, -0.1) is 0 Å². The standard InChI is InChI=1S/C17H16N4O2/c22-17-13-6-8-21(10-12-4-1-2-7-18-12)11-14(13)19-16(20-17)15-5-3-9-23-15/h1-5,7,9H,6,8,10-11H2,(H,19,20,22). The Bertz CT molecular complexity index is 856. The van der Waals surface area contributed by atoms with Gasteiger partial charge in [0.2, 0.25) is 0 Å². The van der Waals surface area contributed by atoms with E-state index in [1.165, 1.54) is 0 Å². The molecule has 0 unspecified atom stereocenters. The summed E-state index contributed by atoms with van der Waals surface area (Å²) in [5, 5.41) is 0. The molecule has 4 rings (SSSR count). The normalized spacial score (nSPS) is 14.6. The minimum Gasteiger partial charge on any atom is -0.461 e. The summed E-state index contributed by atoms with van der Waals surface area (Å²) in [5.41, 5.74) is 2.55. The van der Waals surface area contributed by atoms with Gasteiger partial charge in [-0.1, -0.05) is 6.07 Å². The first kappa shape index (κ1) is 13.9. The number of hydrogen-bond acceptors (Lipinski definition) is 5. The number of fused-ring (bicyclic) bond motifs is 1. The van der Waals surface area contributed by atoms with Gasteiger partial charge in [-0.05, 0) is 30.7 Å². The molecule has 0 radical (unpaired) electrons. The van der Waals surface area contributed by atoms with Gasteiger partial charge in [0.25, 0.3) is 5.56 Å². The maximum atomic E-state index is 12.3. The van der Waals surface area contributed by atoms with Crippen LogP contribution in [0.3, 0.4) is 0 Å². The maximum Gasteiger partial charge on any atom is 0.254 e. The van der Waals surface area contributed by atoms with Crippen LogP contribution in [-0.2, 0) is 19.5 Å². The smallest absolute Gasteiger partial charge is 0.254 e. The summed E-state index contributed by atoms with van der Waals surface area (Å²) in [6, 6.07) is 9.47. The average Bonchev–Trinajstić information content (AvgIpc) is 3.10. The molecule has 116 valence electrons. The topological polar surface area (TPSA) is 75.0 Å². The van der Waals surface area contributed by atoms with Crippen molar-refractivity contribution in [2.45, 2.75) is 19.5 Å². The van der Waals surface area contributed by atoms with Gasteiger partial charge in [0.05, 0.1) is 17.7 Å². The van der Waals surface area contributed by atoms with Crippen molar-refractivity contribution in [1.29, 1.82) is 0 Å². The van der Waals surface area contributed by atoms with Crippen LogP contribution in [0, 0.1) is 0 Å². The summed E-state index contributed by atoms with van der Waals surface area (Å²) in [4.78, 5) is 26.3. The molecule has 0 fully saturated rings. The molecule has 0 spiro atoms. The Morgan fingerprint density at radius 3 is 3.00 bits per heavy atom. The van der Waals surface area contributed by atoms with E-state index in [0.717, 1.165) is 30.0 Å². The van der Waals surface area contributed by atoms with Gasteiger partial charge in [0.15, 0.2) is 11.6 Å². The fraction of sp³-hybridized carbons (Fsp3) is 0.235. The van der Waals surface area contributed by atoms with Crippen molar-refractivity contribution >= 4 is 0 Å². The van der Waals surface area contributed by atoms with Crippen molar-refractivity contribution in [2.24, 2.45) is 0 Å². The van der Waals surface area contributed by atoms with Crippen molar-refractivity contribution in [1.82, 2.24) is 19.9 Å². The number of aromatic nitrogens is 3. The van der Waals surface area contributed by atoms with Crippen LogP contribution in [0.5, 0.6) is 0 Å². The first-order valence-corrected chi connectivity index (χ1v) is 7.58. The second kappa shape index (κ2) is 5.81. The lowest BCUT2D eigenvalue weighted by molar-refractivity contribution is 0.238. The molecule has 1 aliphatic heterocycles. The number of pyridine rings is 1. The Kier molecular flexibility index (Phi) is 3.51. The van der Waals surface area contributed by atoms with Crippen LogP contribution < -0.4 is 5.56 Å². The van der Waals surface area contributed by atoms with Crippen LogP contribution in [0.1, 0.15) is 17.0 Å². The van der Waals surface area contributed by atoms with Gasteiger partial charge in [-0.3, -0.25) is 14.7 Å². The lowest BCUT2D eigenvalue weighted by Crippen LogP contribution is -2.35. The molecule has 0 amide bonds. The van der Waals surface area contributed by atoms with Crippen LogP contribution in [0.15, 0.2) is 52.0 Å². The summed E-state index contributed by atoms with van der Waals surface area (Å²) in [7, 11) is 0. The van der Waals surface area contributed by atoms with Crippen molar-refractivity contribution in [3.63, 3.8) is 0 Å². The molecular formula is C17H16N4O2. The summed E-state index contributed by atoms with van der Waals surface area (Å²) in [6.07, 6.45) is 4.07. The number of nitrogens with one attached hydrogen (secondary N) is 1. The molecule has 4 heterocycles. The molecule has 23 heavy (non-hydrogen) atoms. The molecule has 0 atom stereocenters. The first-order chi connectivity index (χ1) is 11.3. The minimum absolute atomic E-state index is 0.0705. The third kappa shape index (κ3) is 2.80. The van der Waals surface area contributed by atoms with Gasteiger partial charge in [-0.25, -0.2) is 4.98 Å². The lowest BCUT2D eigenvalue weighted by Gasteiger charge is -2.27. The van der Waals surface area contributed by atoms with E-state index in [0.29, 0.717) is 24.6 Å². The minimum atomic E-state index is -0.0705. The van der Waals surface area contributed by atoms with Crippen molar-refractivity contribution in [3.05, 3.63) is 70.1 Å². The van der Waals surface area contributed by atoms with Crippen LogP contribution in [0.4, 0.5) is 0 Å². The molecule has 6 nitrogen and oxygen atoms in total. The predicted octanol–water partition coefficient (Wildman–Crippen LogP) is 1.98. The van der Waals surface area contributed by atoms with Gasteiger partial charge in [-0.2, -0.15) is 0 Å². The van der Waals surface area contributed by atoms with Crippen LogP contribution >= 0.6 is 0 Å². The van der Waals surface area contributed by atoms with Gasteiger partial charge >= 0.3 is 0 Å². The molecule has 1 N–H and O–H groups in total. The predicted molar refractivity (Wildman–Crippen MR) is 84.6 cm³/mol. The van der Waals surface area contributed by atoms with E-state index in [9.17, 15) is 4.79 Å². The van der Waals surface area contributed by atoms with Gasteiger partial charge in [0, 0.05) is 31.4 Å². The quantitative estimate of drug-likeness (QED) is 0.801. The van der Waals surface area contributed by atoms with E-state index in [1.807, 2.05) is 18.2 Å². The van der Waals surface area contributed by atoms with E-state index in [4.69, 9.17) is 4.42 Å². The first-order valence-electron chi connectivity index (χ1n) is 7.58. The zero-order valence-electron chi connectivity index (χ0n) is 12.5. The third-order valence-electron chi connectivity index (χ3n) is 4.02. The number of furan rings is 1. The highest BCUT2D eigenvalue weighted by Crippen LogP contribution is 2.19. The highest BCUT2D eigenvalue weighted by atomic mass is 16.3. The molecule has 0 bridgehead atoms. The zero-order valence-corrected chi connectivity index (χ0v) is 12.5. The Balaban J connectivity index is 1.62. The molecule has 6 heteroatoms. The highest BCUT2D eigenvalue weighted by molar-refractivity contribution is 5.46.